The van der Waals surface area contributed by atoms with Gasteiger partial charge in [0, 0.05) is 6.20 Å². The van der Waals surface area contributed by atoms with Crippen LogP contribution in [0, 0.1) is 0 Å². The van der Waals surface area contributed by atoms with E-state index in [1.165, 1.54) is 6.20 Å². The summed E-state index contributed by atoms with van der Waals surface area (Å²) in [5, 5.41) is 9.46. The number of hydrogen-bond donors (Lipinski definition) is 2. The van der Waals surface area contributed by atoms with E-state index in [9.17, 15) is 9.90 Å². The number of nitrogens with two attached hydrogens (primary N) is 1. The highest BCUT2D eigenvalue weighted by atomic mass is 16.3. The standard InChI is InChI=1S/C10H14N2O2/c1-2-4-8(13)9(14)7-5-3-6-12-10(7)11/h3,5-6,8,13H,2,4H2,1H3,(H2,11,12). The zero-order chi connectivity index (χ0) is 10.6. The van der Waals surface area contributed by atoms with E-state index in [2.05, 4.69) is 4.98 Å². The molecular weight excluding hydrogens is 180 g/mol. The molecule has 0 aliphatic rings. The van der Waals surface area contributed by atoms with Gasteiger partial charge in [-0.05, 0) is 18.6 Å². The first-order valence-electron chi connectivity index (χ1n) is 4.59. The maximum Gasteiger partial charge on any atom is 0.194 e. The Bertz CT molecular complexity index is 326. The Morgan fingerprint density at radius 2 is 2.43 bits per heavy atom. The van der Waals surface area contributed by atoms with Crippen molar-refractivity contribution in [2.24, 2.45) is 0 Å². The number of carbonyl (C=O) groups excluding carboxylic acids is 1. The quantitative estimate of drug-likeness (QED) is 0.701. The molecule has 0 aliphatic heterocycles. The molecule has 76 valence electrons. The summed E-state index contributed by atoms with van der Waals surface area (Å²) in [7, 11) is 0. The lowest BCUT2D eigenvalue weighted by Gasteiger charge is -2.08. The predicted octanol–water partition coefficient (Wildman–Crippen LogP) is 1.01. The van der Waals surface area contributed by atoms with Crippen molar-refractivity contribution in [1.29, 1.82) is 0 Å². The fourth-order valence-corrected chi connectivity index (χ4v) is 1.21. The molecule has 1 unspecified atom stereocenters. The Kier molecular flexibility index (Phi) is 3.59. The first-order valence-corrected chi connectivity index (χ1v) is 4.59. The molecule has 14 heavy (non-hydrogen) atoms. The number of hydrogen-bond acceptors (Lipinski definition) is 4. The summed E-state index contributed by atoms with van der Waals surface area (Å²) in [6.07, 6.45) is 1.75. The minimum atomic E-state index is -0.966. The summed E-state index contributed by atoms with van der Waals surface area (Å²) in [5.41, 5.74) is 5.81. The monoisotopic (exact) mass is 194 g/mol. The van der Waals surface area contributed by atoms with Gasteiger partial charge in [-0.25, -0.2) is 4.98 Å². The molecule has 1 heterocycles. The number of carbonyl (C=O) groups is 1. The molecule has 0 aliphatic carbocycles. The second kappa shape index (κ2) is 4.72. The van der Waals surface area contributed by atoms with Gasteiger partial charge in [0.05, 0.1) is 5.56 Å². The molecule has 0 bridgehead atoms. The van der Waals surface area contributed by atoms with Crippen molar-refractivity contribution in [2.75, 3.05) is 5.73 Å². The fourth-order valence-electron chi connectivity index (χ4n) is 1.21. The van der Waals surface area contributed by atoms with E-state index in [1.807, 2.05) is 6.92 Å². The van der Waals surface area contributed by atoms with Crippen LogP contribution in [-0.2, 0) is 0 Å². The van der Waals surface area contributed by atoms with Gasteiger partial charge in [-0.2, -0.15) is 0 Å². The normalized spacial score (nSPS) is 12.4. The minimum absolute atomic E-state index is 0.174. The molecule has 0 saturated carbocycles. The van der Waals surface area contributed by atoms with Crippen molar-refractivity contribution in [1.82, 2.24) is 4.98 Å². The van der Waals surface area contributed by atoms with E-state index in [4.69, 9.17) is 5.73 Å². The van der Waals surface area contributed by atoms with Gasteiger partial charge in [-0.15, -0.1) is 0 Å². The number of nitrogen functional groups attached to an aromatic ring is 1. The fraction of sp³-hybridized carbons (Fsp3) is 0.400. The summed E-state index contributed by atoms with van der Waals surface area (Å²) in [6, 6.07) is 3.20. The third-order valence-electron chi connectivity index (χ3n) is 1.97. The van der Waals surface area contributed by atoms with Crippen LogP contribution in [0.3, 0.4) is 0 Å². The number of nitrogens with zero attached hydrogens (tertiary/aromatic N) is 1. The number of rotatable bonds is 4. The van der Waals surface area contributed by atoms with Gasteiger partial charge in [-0.1, -0.05) is 13.3 Å². The van der Waals surface area contributed by atoms with Crippen molar-refractivity contribution < 1.29 is 9.90 Å². The largest absolute Gasteiger partial charge is 0.385 e. The molecule has 0 saturated heterocycles. The average Bonchev–Trinajstić information content (AvgIpc) is 2.18. The molecule has 1 aromatic heterocycles. The highest BCUT2D eigenvalue weighted by Gasteiger charge is 2.18. The first-order chi connectivity index (χ1) is 6.66. The van der Waals surface area contributed by atoms with Crippen LogP contribution in [0.1, 0.15) is 30.1 Å². The number of aliphatic hydroxyl groups excluding tert-OH is 1. The molecule has 1 atom stereocenters. The number of aromatic nitrogens is 1. The molecular formula is C10H14N2O2. The molecule has 4 nitrogen and oxygen atoms in total. The van der Waals surface area contributed by atoms with Crippen LogP contribution < -0.4 is 5.73 Å². The van der Waals surface area contributed by atoms with Crippen LogP contribution in [0.2, 0.25) is 0 Å². The molecule has 4 heteroatoms. The molecule has 0 spiro atoms. The van der Waals surface area contributed by atoms with Crippen molar-refractivity contribution in [3.8, 4) is 0 Å². The van der Waals surface area contributed by atoms with E-state index in [0.717, 1.165) is 6.42 Å². The maximum absolute atomic E-state index is 11.6. The van der Waals surface area contributed by atoms with E-state index in [-0.39, 0.29) is 11.6 Å². The van der Waals surface area contributed by atoms with Gasteiger partial charge in [0.15, 0.2) is 5.78 Å². The van der Waals surface area contributed by atoms with Crippen LogP contribution in [-0.4, -0.2) is 22.0 Å². The zero-order valence-corrected chi connectivity index (χ0v) is 8.10. The summed E-state index contributed by atoms with van der Waals surface area (Å²) >= 11 is 0. The van der Waals surface area contributed by atoms with Crippen LogP contribution >= 0.6 is 0 Å². The van der Waals surface area contributed by atoms with Crippen molar-refractivity contribution in [2.45, 2.75) is 25.9 Å². The van der Waals surface area contributed by atoms with E-state index in [0.29, 0.717) is 12.0 Å². The molecule has 0 aromatic carbocycles. The van der Waals surface area contributed by atoms with E-state index < -0.39 is 6.10 Å². The SMILES string of the molecule is CCCC(O)C(=O)c1cccnc1N. The molecule has 0 radical (unpaired) electrons. The lowest BCUT2D eigenvalue weighted by atomic mass is 10.0. The molecule has 3 N–H and O–H groups in total. The second-order valence-corrected chi connectivity index (χ2v) is 3.10. The van der Waals surface area contributed by atoms with Gasteiger partial charge in [0.2, 0.25) is 0 Å². The summed E-state index contributed by atoms with van der Waals surface area (Å²) in [4.78, 5) is 15.4. The maximum atomic E-state index is 11.6. The molecule has 0 amide bonds. The molecule has 1 aromatic rings. The van der Waals surface area contributed by atoms with Crippen molar-refractivity contribution in [3.63, 3.8) is 0 Å². The predicted molar refractivity (Wildman–Crippen MR) is 53.9 cm³/mol. The lowest BCUT2D eigenvalue weighted by Crippen LogP contribution is -2.21. The van der Waals surface area contributed by atoms with Crippen LogP contribution in [0.4, 0.5) is 5.82 Å². The van der Waals surface area contributed by atoms with Gasteiger partial charge < -0.3 is 10.8 Å². The molecule has 0 fully saturated rings. The lowest BCUT2D eigenvalue weighted by molar-refractivity contribution is 0.0730. The topological polar surface area (TPSA) is 76.2 Å². The third kappa shape index (κ3) is 2.29. The number of anilines is 1. The summed E-state index contributed by atoms with van der Waals surface area (Å²) in [6.45, 7) is 1.91. The van der Waals surface area contributed by atoms with Crippen LogP contribution in [0.5, 0.6) is 0 Å². The minimum Gasteiger partial charge on any atom is -0.385 e. The smallest absolute Gasteiger partial charge is 0.194 e. The van der Waals surface area contributed by atoms with Gasteiger partial charge in [-0.3, -0.25) is 4.79 Å². The third-order valence-corrected chi connectivity index (χ3v) is 1.97. The number of pyridine rings is 1. The Hall–Kier alpha value is -1.42. The Balaban J connectivity index is 2.84. The average molecular weight is 194 g/mol. The van der Waals surface area contributed by atoms with E-state index in [1.54, 1.807) is 12.1 Å². The molecule has 1 rings (SSSR count). The highest BCUT2D eigenvalue weighted by Crippen LogP contribution is 2.12. The first kappa shape index (κ1) is 10.7. The van der Waals surface area contributed by atoms with Gasteiger partial charge in [0.25, 0.3) is 0 Å². The van der Waals surface area contributed by atoms with E-state index >= 15 is 0 Å². The van der Waals surface area contributed by atoms with Crippen LogP contribution in [0.25, 0.3) is 0 Å². The van der Waals surface area contributed by atoms with Gasteiger partial charge >= 0.3 is 0 Å². The Morgan fingerprint density at radius 3 is 3.00 bits per heavy atom. The number of Topliss-reactive ketones (excluding diaryl/α,β-unsaturated/α-hetero) is 1. The Labute approximate surface area is 82.8 Å². The number of aliphatic hydroxyl groups is 1. The van der Waals surface area contributed by atoms with Crippen molar-refractivity contribution in [3.05, 3.63) is 23.9 Å². The highest BCUT2D eigenvalue weighted by molar-refractivity contribution is 6.02. The summed E-state index contributed by atoms with van der Waals surface area (Å²) < 4.78 is 0. The Morgan fingerprint density at radius 1 is 1.71 bits per heavy atom. The van der Waals surface area contributed by atoms with Gasteiger partial charge in [0.1, 0.15) is 11.9 Å². The second-order valence-electron chi connectivity index (χ2n) is 3.10. The number of ketones is 1. The van der Waals surface area contributed by atoms with Crippen molar-refractivity contribution >= 4 is 11.6 Å². The van der Waals surface area contributed by atoms with Crippen LogP contribution in [0.15, 0.2) is 18.3 Å². The summed E-state index contributed by atoms with van der Waals surface area (Å²) in [5.74, 6) is -0.176. The zero-order valence-electron chi connectivity index (χ0n) is 8.10.